The van der Waals surface area contributed by atoms with Crippen molar-refractivity contribution < 1.29 is 29.0 Å². The molecule has 1 unspecified atom stereocenters. The van der Waals surface area contributed by atoms with E-state index < -0.39 is 29.8 Å². The smallest absolute Gasteiger partial charge is 0.326 e. The molecule has 1 aliphatic rings. The molecule has 0 fully saturated rings. The van der Waals surface area contributed by atoms with E-state index in [2.05, 4.69) is 4.74 Å². The molecule has 0 aliphatic carbocycles. The maximum Gasteiger partial charge on any atom is 0.326 e. The van der Waals surface area contributed by atoms with Crippen molar-refractivity contribution in [3.05, 3.63) is 11.6 Å². The lowest BCUT2D eigenvalue weighted by Gasteiger charge is -2.22. The summed E-state index contributed by atoms with van der Waals surface area (Å²) in [6.45, 7) is 1.43. The summed E-state index contributed by atoms with van der Waals surface area (Å²) < 4.78 is 4.38. The van der Waals surface area contributed by atoms with E-state index in [1.54, 1.807) is 0 Å². The van der Waals surface area contributed by atoms with Crippen LogP contribution in [0.4, 0.5) is 0 Å². The first-order valence-electron chi connectivity index (χ1n) is 5.24. The zero-order chi connectivity index (χ0) is 13.9. The summed E-state index contributed by atoms with van der Waals surface area (Å²) in [7, 11) is 1.18. The highest BCUT2D eigenvalue weighted by Gasteiger charge is 2.38. The van der Waals surface area contributed by atoms with E-state index in [4.69, 9.17) is 5.11 Å². The van der Waals surface area contributed by atoms with Crippen molar-refractivity contribution in [3.63, 3.8) is 0 Å². The highest BCUT2D eigenvalue weighted by atomic mass is 16.5. The third-order valence-electron chi connectivity index (χ3n) is 2.58. The van der Waals surface area contributed by atoms with Crippen LogP contribution in [0.1, 0.15) is 19.8 Å². The molecule has 0 aromatic rings. The number of ether oxygens (including phenoxy) is 1. The van der Waals surface area contributed by atoms with Crippen LogP contribution in [0.3, 0.4) is 0 Å². The number of carbonyl (C=O) groups is 4. The van der Waals surface area contributed by atoms with Crippen molar-refractivity contribution in [2.75, 3.05) is 7.11 Å². The van der Waals surface area contributed by atoms with Crippen LogP contribution in [-0.4, -0.2) is 46.9 Å². The molecule has 98 valence electrons. The molecule has 1 N–H and O–H groups in total. The van der Waals surface area contributed by atoms with Gasteiger partial charge in [0.25, 0.3) is 11.8 Å². The van der Waals surface area contributed by atoms with Crippen molar-refractivity contribution >= 4 is 23.8 Å². The second-order valence-electron chi connectivity index (χ2n) is 3.81. The molecule has 0 saturated carbocycles. The summed E-state index contributed by atoms with van der Waals surface area (Å²) in [5.74, 6) is -3.24. The van der Waals surface area contributed by atoms with Crippen molar-refractivity contribution in [1.82, 2.24) is 4.90 Å². The minimum atomic E-state index is -1.35. The van der Waals surface area contributed by atoms with Gasteiger partial charge in [-0.25, -0.2) is 4.79 Å². The second-order valence-corrected chi connectivity index (χ2v) is 3.81. The Morgan fingerprint density at radius 1 is 1.44 bits per heavy atom. The molecule has 18 heavy (non-hydrogen) atoms. The van der Waals surface area contributed by atoms with Crippen LogP contribution >= 0.6 is 0 Å². The highest BCUT2D eigenvalue weighted by Crippen LogP contribution is 2.18. The second kappa shape index (κ2) is 5.44. The lowest BCUT2D eigenvalue weighted by atomic mass is 10.1. The van der Waals surface area contributed by atoms with Gasteiger partial charge >= 0.3 is 11.9 Å². The summed E-state index contributed by atoms with van der Waals surface area (Å²) in [5, 5.41) is 9.02. The van der Waals surface area contributed by atoms with E-state index in [0.29, 0.717) is 4.90 Å². The van der Waals surface area contributed by atoms with Gasteiger partial charge in [0.15, 0.2) is 0 Å². The van der Waals surface area contributed by atoms with Gasteiger partial charge in [-0.2, -0.15) is 0 Å². The van der Waals surface area contributed by atoms with E-state index in [0.717, 1.165) is 6.08 Å². The Balaban J connectivity index is 2.81. The number of methoxy groups -OCH3 is 1. The van der Waals surface area contributed by atoms with Gasteiger partial charge < -0.3 is 9.84 Å². The fourth-order valence-corrected chi connectivity index (χ4v) is 1.62. The standard InChI is InChI=1S/C11H13NO6/c1-6-5-8(13)12(10(6)15)7(11(16)17)3-4-9(14)18-2/h5,7H,3-4H2,1-2H3,(H,16,17). The van der Waals surface area contributed by atoms with Gasteiger partial charge in [0.05, 0.1) is 7.11 Å². The van der Waals surface area contributed by atoms with E-state index >= 15 is 0 Å². The Morgan fingerprint density at radius 2 is 2.06 bits per heavy atom. The van der Waals surface area contributed by atoms with Gasteiger partial charge in [0, 0.05) is 18.1 Å². The third kappa shape index (κ3) is 2.73. The van der Waals surface area contributed by atoms with Crippen LogP contribution in [0.15, 0.2) is 11.6 Å². The Hall–Kier alpha value is -2.18. The van der Waals surface area contributed by atoms with Gasteiger partial charge in [-0.3, -0.25) is 19.3 Å². The van der Waals surface area contributed by atoms with Crippen LogP contribution in [0.5, 0.6) is 0 Å². The summed E-state index contributed by atoms with van der Waals surface area (Å²) in [5.41, 5.74) is 0.185. The maximum atomic E-state index is 11.6. The van der Waals surface area contributed by atoms with Crippen LogP contribution in [-0.2, 0) is 23.9 Å². The first kappa shape index (κ1) is 13.9. The van der Waals surface area contributed by atoms with Gasteiger partial charge in [0.1, 0.15) is 6.04 Å². The molecule has 0 spiro atoms. The number of nitrogens with zero attached hydrogens (tertiary/aromatic N) is 1. The summed E-state index contributed by atoms with van der Waals surface area (Å²) in [6, 6.07) is -1.35. The molecule has 1 atom stereocenters. The van der Waals surface area contributed by atoms with Gasteiger partial charge in [-0.05, 0) is 13.3 Å². The summed E-state index contributed by atoms with van der Waals surface area (Å²) in [6.07, 6.45) is 0.737. The molecule has 0 radical (unpaired) electrons. The lowest BCUT2D eigenvalue weighted by molar-refractivity contribution is -0.154. The SMILES string of the molecule is COC(=O)CCC(C(=O)O)N1C(=O)C=C(C)C1=O. The first-order valence-corrected chi connectivity index (χ1v) is 5.24. The Bertz CT molecular complexity index is 439. The average Bonchev–Trinajstić information content (AvgIpc) is 2.55. The first-order chi connectivity index (χ1) is 8.38. The Morgan fingerprint density at radius 3 is 2.44 bits per heavy atom. The van der Waals surface area contributed by atoms with Crippen molar-refractivity contribution in [2.24, 2.45) is 0 Å². The topological polar surface area (TPSA) is 101 Å². The third-order valence-corrected chi connectivity index (χ3v) is 2.58. The molecule has 1 aliphatic heterocycles. The van der Waals surface area contributed by atoms with Crippen LogP contribution < -0.4 is 0 Å². The summed E-state index contributed by atoms with van der Waals surface area (Å²) in [4.78, 5) is 45.8. The van der Waals surface area contributed by atoms with E-state index in [1.807, 2.05) is 0 Å². The van der Waals surface area contributed by atoms with Gasteiger partial charge in [-0.1, -0.05) is 0 Å². The highest BCUT2D eigenvalue weighted by molar-refractivity contribution is 6.17. The normalized spacial score (nSPS) is 16.6. The number of amides is 2. The van der Waals surface area contributed by atoms with Crippen molar-refractivity contribution in [2.45, 2.75) is 25.8 Å². The van der Waals surface area contributed by atoms with Gasteiger partial charge in [-0.15, -0.1) is 0 Å². The average molecular weight is 255 g/mol. The number of aliphatic carboxylic acids is 1. The number of carboxylic acid groups (broad SMARTS) is 1. The summed E-state index contributed by atoms with van der Waals surface area (Å²) >= 11 is 0. The largest absolute Gasteiger partial charge is 0.480 e. The minimum Gasteiger partial charge on any atom is -0.480 e. The molecule has 1 rings (SSSR count). The number of hydrogen-bond donors (Lipinski definition) is 1. The van der Waals surface area contributed by atoms with Crippen LogP contribution in [0, 0.1) is 0 Å². The molecule has 0 saturated heterocycles. The van der Waals surface area contributed by atoms with E-state index in [-0.39, 0.29) is 18.4 Å². The quantitative estimate of drug-likeness (QED) is 0.535. The number of rotatable bonds is 5. The van der Waals surface area contributed by atoms with Gasteiger partial charge in [0.2, 0.25) is 0 Å². The Labute approximate surface area is 103 Å². The van der Waals surface area contributed by atoms with Crippen molar-refractivity contribution in [1.29, 1.82) is 0 Å². The monoisotopic (exact) mass is 255 g/mol. The lowest BCUT2D eigenvalue weighted by Crippen LogP contribution is -2.45. The molecule has 2 amide bonds. The molecule has 1 heterocycles. The molecular formula is C11H13NO6. The van der Waals surface area contributed by atoms with E-state index in [9.17, 15) is 19.2 Å². The number of esters is 1. The maximum absolute atomic E-state index is 11.6. The number of imide groups is 1. The Kier molecular flexibility index (Phi) is 4.19. The van der Waals surface area contributed by atoms with E-state index in [1.165, 1.54) is 14.0 Å². The molecular weight excluding hydrogens is 242 g/mol. The molecule has 0 bridgehead atoms. The number of carbonyl (C=O) groups excluding carboxylic acids is 3. The zero-order valence-electron chi connectivity index (χ0n) is 10.0. The fourth-order valence-electron chi connectivity index (χ4n) is 1.62. The predicted molar refractivity (Wildman–Crippen MR) is 58.3 cm³/mol. The van der Waals surface area contributed by atoms with Crippen molar-refractivity contribution in [3.8, 4) is 0 Å². The predicted octanol–water partition coefficient (Wildman–Crippen LogP) is -0.292. The minimum absolute atomic E-state index is 0.166. The molecule has 7 heteroatoms. The zero-order valence-corrected chi connectivity index (χ0v) is 10.0. The molecule has 0 aromatic carbocycles. The van der Waals surface area contributed by atoms with Crippen LogP contribution in [0.25, 0.3) is 0 Å². The molecule has 7 nitrogen and oxygen atoms in total. The number of hydrogen-bond acceptors (Lipinski definition) is 5. The molecule has 0 aromatic heterocycles. The van der Waals surface area contributed by atoms with Crippen LogP contribution in [0.2, 0.25) is 0 Å². The number of carboxylic acids is 1. The fraction of sp³-hybridized carbons (Fsp3) is 0.455.